The maximum absolute atomic E-state index is 13.5. The summed E-state index contributed by atoms with van der Waals surface area (Å²) in [6.07, 6.45) is 0. The van der Waals surface area contributed by atoms with Gasteiger partial charge in [0.25, 0.3) is 0 Å². The van der Waals surface area contributed by atoms with Crippen LogP contribution in [0.4, 0.5) is 10.1 Å². The number of carbonyl (C=O) groups is 2. The van der Waals surface area contributed by atoms with Gasteiger partial charge in [-0.15, -0.1) is 0 Å². The van der Waals surface area contributed by atoms with E-state index in [4.69, 9.17) is 0 Å². The smallest absolute Gasteiger partial charge is 0.314 e. The number of para-hydroxylation sites is 1. The van der Waals surface area contributed by atoms with Gasteiger partial charge in [-0.25, -0.2) is 4.39 Å². The Bertz CT molecular complexity index is 457. The molecule has 0 aliphatic rings. The molecule has 0 unspecified atom stereocenters. The zero-order chi connectivity index (χ0) is 13.9. The van der Waals surface area contributed by atoms with Gasteiger partial charge in [0.1, 0.15) is 5.82 Å². The van der Waals surface area contributed by atoms with E-state index in [1.54, 1.807) is 19.9 Å². The van der Waals surface area contributed by atoms with Crippen molar-refractivity contribution in [2.24, 2.45) is 0 Å². The number of carbonyl (C=O) groups excluding carboxylic acids is 2. The van der Waals surface area contributed by atoms with Crippen LogP contribution in [0.15, 0.2) is 22.7 Å². The third kappa shape index (κ3) is 3.29. The summed E-state index contributed by atoms with van der Waals surface area (Å²) in [5.41, 5.74) is -0.0343. The van der Waals surface area contributed by atoms with Crippen molar-refractivity contribution in [3.63, 3.8) is 0 Å². The van der Waals surface area contributed by atoms with E-state index >= 15 is 0 Å². The average Bonchev–Trinajstić information content (AvgIpc) is 2.31. The van der Waals surface area contributed by atoms with Crippen molar-refractivity contribution in [2.45, 2.75) is 19.9 Å². The molecule has 1 aromatic rings. The summed E-state index contributed by atoms with van der Waals surface area (Å²) in [7, 11) is 1.52. The van der Waals surface area contributed by atoms with Gasteiger partial charge < -0.3 is 10.2 Å². The zero-order valence-electron chi connectivity index (χ0n) is 10.3. The van der Waals surface area contributed by atoms with Crippen molar-refractivity contribution in [2.75, 3.05) is 12.4 Å². The number of anilines is 1. The second kappa shape index (κ2) is 5.95. The van der Waals surface area contributed by atoms with E-state index in [0.29, 0.717) is 4.47 Å². The molecule has 1 aromatic carbocycles. The first-order chi connectivity index (χ1) is 8.34. The average molecular weight is 317 g/mol. The topological polar surface area (TPSA) is 49.4 Å². The van der Waals surface area contributed by atoms with Crippen LogP contribution in [-0.4, -0.2) is 29.8 Å². The van der Waals surface area contributed by atoms with E-state index in [1.165, 1.54) is 24.1 Å². The molecule has 1 N–H and O–H groups in total. The van der Waals surface area contributed by atoms with Crippen LogP contribution in [0.25, 0.3) is 0 Å². The van der Waals surface area contributed by atoms with E-state index in [1.807, 2.05) is 0 Å². The molecular weight excluding hydrogens is 303 g/mol. The number of benzene rings is 1. The minimum atomic E-state index is -0.864. The van der Waals surface area contributed by atoms with Crippen molar-refractivity contribution in [3.8, 4) is 0 Å². The van der Waals surface area contributed by atoms with Gasteiger partial charge in [0.15, 0.2) is 0 Å². The first kappa shape index (κ1) is 14.6. The molecule has 0 bridgehead atoms. The summed E-state index contributed by atoms with van der Waals surface area (Å²) in [6, 6.07) is 4.18. The Labute approximate surface area is 113 Å². The number of hydrogen-bond donors (Lipinski definition) is 1. The van der Waals surface area contributed by atoms with Crippen LogP contribution in [0, 0.1) is 5.82 Å². The van der Waals surface area contributed by atoms with Crippen LogP contribution in [0.2, 0.25) is 0 Å². The fourth-order valence-electron chi connectivity index (χ4n) is 1.18. The Kier molecular flexibility index (Phi) is 4.84. The number of nitrogens with one attached hydrogen (secondary N) is 1. The highest BCUT2D eigenvalue weighted by Crippen LogP contribution is 2.25. The Hall–Kier alpha value is -1.43. The Morgan fingerprint density at radius 1 is 1.39 bits per heavy atom. The molecule has 6 heteroatoms. The molecule has 0 fully saturated rings. The summed E-state index contributed by atoms with van der Waals surface area (Å²) in [6.45, 7) is 3.56. The van der Waals surface area contributed by atoms with Gasteiger partial charge in [0, 0.05) is 17.6 Å². The Morgan fingerprint density at radius 3 is 2.50 bits per heavy atom. The number of amides is 2. The lowest BCUT2D eigenvalue weighted by Crippen LogP contribution is -2.41. The minimum Gasteiger partial charge on any atom is -0.335 e. The van der Waals surface area contributed by atoms with E-state index in [2.05, 4.69) is 21.2 Å². The Balaban J connectivity index is 2.86. The first-order valence-corrected chi connectivity index (χ1v) is 6.16. The maximum atomic E-state index is 13.5. The lowest BCUT2D eigenvalue weighted by molar-refractivity contribution is -0.143. The fourth-order valence-corrected chi connectivity index (χ4v) is 1.62. The third-order valence-electron chi connectivity index (χ3n) is 2.49. The van der Waals surface area contributed by atoms with E-state index < -0.39 is 17.6 Å². The van der Waals surface area contributed by atoms with Gasteiger partial charge in [0.2, 0.25) is 0 Å². The van der Waals surface area contributed by atoms with Crippen molar-refractivity contribution in [1.82, 2.24) is 4.90 Å². The molecule has 0 aliphatic carbocycles. The zero-order valence-corrected chi connectivity index (χ0v) is 11.9. The van der Waals surface area contributed by atoms with E-state index in [0.717, 1.165) is 0 Å². The van der Waals surface area contributed by atoms with Gasteiger partial charge in [-0.1, -0.05) is 6.07 Å². The summed E-state index contributed by atoms with van der Waals surface area (Å²) >= 11 is 3.11. The fraction of sp³-hybridized carbons (Fsp3) is 0.333. The van der Waals surface area contributed by atoms with Gasteiger partial charge in [-0.3, -0.25) is 9.59 Å². The summed E-state index contributed by atoms with van der Waals surface area (Å²) < 4.78 is 13.8. The predicted octanol–water partition coefficient (Wildman–Crippen LogP) is 2.39. The number of rotatable bonds is 2. The molecule has 0 spiro atoms. The second-order valence-electron chi connectivity index (χ2n) is 4.06. The molecule has 98 valence electrons. The molecule has 0 radical (unpaired) electrons. The van der Waals surface area contributed by atoms with E-state index in [9.17, 15) is 14.0 Å². The lowest BCUT2D eigenvalue weighted by atomic mass is 10.3. The standard InChI is InChI=1S/C12H14BrFN2O2/c1-7(2)16(3)12(18)11(17)15-10-8(13)5-4-6-9(10)14/h4-7H,1-3H3,(H,15,17). The van der Waals surface area contributed by atoms with Crippen molar-refractivity contribution in [1.29, 1.82) is 0 Å². The van der Waals surface area contributed by atoms with Crippen LogP contribution in [0.1, 0.15) is 13.8 Å². The van der Waals surface area contributed by atoms with Gasteiger partial charge in [0.05, 0.1) is 5.69 Å². The highest BCUT2D eigenvalue weighted by molar-refractivity contribution is 9.10. The second-order valence-corrected chi connectivity index (χ2v) is 4.91. The quantitative estimate of drug-likeness (QED) is 0.852. The molecule has 0 heterocycles. The highest BCUT2D eigenvalue weighted by atomic mass is 79.9. The number of likely N-dealkylation sites (N-methyl/N-ethyl adjacent to an activating group) is 1. The monoisotopic (exact) mass is 316 g/mol. The van der Waals surface area contributed by atoms with Crippen LogP contribution in [0.5, 0.6) is 0 Å². The van der Waals surface area contributed by atoms with Crippen molar-refractivity contribution in [3.05, 3.63) is 28.5 Å². The Morgan fingerprint density at radius 2 is 2.00 bits per heavy atom. The largest absolute Gasteiger partial charge is 0.335 e. The maximum Gasteiger partial charge on any atom is 0.314 e. The van der Waals surface area contributed by atoms with Gasteiger partial charge >= 0.3 is 11.8 Å². The molecule has 0 aromatic heterocycles. The van der Waals surface area contributed by atoms with Crippen molar-refractivity contribution >= 4 is 33.4 Å². The summed E-state index contributed by atoms with van der Waals surface area (Å²) in [4.78, 5) is 24.6. The van der Waals surface area contributed by atoms with Crippen LogP contribution < -0.4 is 5.32 Å². The highest BCUT2D eigenvalue weighted by Gasteiger charge is 2.22. The predicted molar refractivity (Wildman–Crippen MR) is 70.6 cm³/mol. The first-order valence-electron chi connectivity index (χ1n) is 5.36. The normalized spacial score (nSPS) is 10.3. The molecular formula is C12H14BrFN2O2. The van der Waals surface area contributed by atoms with Crippen molar-refractivity contribution < 1.29 is 14.0 Å². The van der Waals surface area contributed by atoms with Crippen LogP contribution >= 0.6 is 15.9 Å². The van der Waals surface area contributed by atoms with Crippen LogP contribution in [0.3, 0.4) is 0 Å². The summed E-state index contributed by atoms with van der Waals surface area (Å²) in [5.74, 6) is -2.17. The molecule has 0 atom stereocenters. The van der Waals surface area contributed by atoms with Crippen LogP contribution in [-0.2, 0) is 9.59 Å². The lowest BCUT2D eigenvalue weighted by Gasteiger charge is -2.20. The minimum absolute atomic E-state index is 0.0343. The molecule has 0 saturated heterocycles. The molecule has 0 saturated carbocycles. The third-order valence-corrected chi connectivity index (χ3v) is 3.15. The molecule has 2 amide bonds. The molecule has 18 heavy (non-hydrogen) atoms. The number of halogens is 2. The molecule has 4 nitrogen and oxygen atoms in total. The SMILES string of the molecule is CC(C)N(C)C(=O)C(=O)Nc1c(F)cccc1Br. The summed E-state index contributed by atoms with van der Waals surface area (Å²) in [5, 5.41) is 2.26. The van der Waals surface area contributed by atoms with E-state index in [-0.39, 0.29) is 11.7 Å². The number of nitrogens with zero attached hydrogens (tertiary/aromatic N) is 1. The van der Waals surface area contributed by atoms with Gasteiger partial charge in [-0.2, -0.15) is 0 Å². The number of hydrogen-bond acceptors (Lipinski definition) is 2. The molecule has 0 aliphatic heterocycles. The van der Waals surface area contributed by atoms with Gasteiger partial charge in [-0.05, 0) is 41.9 Å². The molecule has 1 rings (SSSR count).